The molecule has 1 unspecified atom stereocenters. The Labute approximate surface area is 214 Å². The molecule has 4 rings (SSSR count). The first-order valence-electron chi connectivity index (χ1n) is 12.9. The highest BCUT2D eigenvalue weighted by Gasteiger charge is 2.34. The number of hydrogen-bond donors (Lipinski definition) is 3. The highest BCUT2D eigenvalue weighted by Crippen LogP contribution is 2.32. The molecule has 0 fully saturated rings. The molecule has 0 saturated carbocycles. The molecular formula is C31H37NO4. The van der Waals surface area contributed by atoms with Gasteiger partial charge in [-0.3, -0.25) is 4.79 Å². The number of aliphatic hydroxyl groups is 2. The van der Waals surface area contributed by atoms with E-state index in [4.69, 9.17) is 4.74 Å². The van der Waals surface area contributed by atoms with Crippen molar-refractivity contribution in [3.8, 4) is 5.75 Å². The van der Waals surface area contributed by atoms with E-state index in [1.54, 1.807) is 0 Å². The van der Waals surface area contributed by atoms with E-state index in [0.717, 1.165) is 28.0 Å². The first-order chi connectivity index (χ1) is 17.4. The fraction of sp³-hybridized carbons (Fsp3) is 0.387. The smallest absolute Gasteiger partial charge is 0.224 e. The number of carbonyl (C=O) groups is 1. The van der Waals surface area contributed by atoms with Gasteiger partial charge in [-0.05, 0) is 47.1 Å². The lowest BCUT2D eigenvalue weighted by Crippen LogP contribution is -2.39. The fourth-order valence-corrected chi connectivity index (χ4v) is 4.94. The van der Waals surface area contributed by atoms with Crippen molar-refractivity contribution in [1.29, 1.82) is 0 Å². The minimum absolute atomic E-state index is 0.150. The first kappa shape index (κ1) is 25.9. The van der Waals surface area contributed by atoms with Gasteiger partial charge in [-0.1, -0.05) is 86.6 Å². The minimum atomic E-state index is -0.714. The van der Waals surface area contributed by atoms with Crippen molar-refractivity contribution in [2.75, 3.05) is 6.61 Å². The van der Waals surface area contributed by atoms with Crippen LogP contribution in [0.25, 0.3) is 0 Å². The summed E-state index contributed by atoms with van der Waals surface area (Å²) >= 11 is 0. The van der Waals surface area contributed by atoms with E-state index in [0.29, 0.717) is 38.2 Å². The Morgan fingerprint density at radius 2 is 1.67 bits per heavy atom. The highest BCUT2D eigenvalue weighted by molar-refractivity contribution is 5.80. The van der Waals surface area contributed by atoms with Gasteiger partial charge < -0.3 is 20.3 Å². The molecule has 5 nitrogen and oxygen atoms in total. The molecule has 3 N–H and O–H groups in total. The van der Waals surface area contributed by atoms with Gasteiger partial charge in [0, 0.05) is 18.8 Å². The molecule has 3 aromatic carbocycles. The lowest BCUT2D eigenvalue weighted by Gasteiger charge is -2.25. The maximum atomic E-state index is 13.5. The van der Waals surface area contributed by atoms with Crippen molar-refractivity contribution in [1.82, 2.24) is 5.32 Å². The molecule has 4 atom stereocenters. The summed E-state index contributed by atoms with van der Waals surface area (Å²) in [6.45, 7) is 4.81. The number of rotatable bonds is 11. The molecule has 1 aliphatic carbocycles. The maximum Gasteiger partial charge on any atom is 0.224 e. The van der Waals surface area contributed by atoms with Crippen LogP contribution in [0.3, 0.4) is 0 Å². The van der Waals surface area contributed by atoms with Crippen LogP contribution in [-0.4, -0.2) is 34.9 Å². The standard InChI is InChI=1S/C31H37NO4/c1-21(2)20-36-29-15-9-7-13-24(29)17-26(33)18-25(16-22-10-4-3-5-11-22)31(35)32-30-27-14-8-6-12-23(27)19-28(30)34/h3-15,21,25-26,28,30,33-34H,16-20H2,1-2H3,(H,32,35)/t25-,26+,28+,30?/m0/s1. The second-order valence-electron chi connectivity index (χ2n) is 10.2. The quantitative estimate of drug-likeness (QED) is 0.368. The van der Waals surface area contributed by atoms with Gasteiger partial charge in [-0.25, -0.2) is 0 Å². The Kier molecular flexibility index (Phi) is 8.79. The predicted molar refractivity (Wildman–Crippen MR) is 142 cm³/mol. The number of nitrogens with one attached hydrogen (secondary N) is 1. The maximum absolute atomic E-state index is 13.5. The summed E-state index contributed by atoms with van der Waals surface area (Å²) in [5.41, 5.74) is 4.00. The van der Waals surface area contributed by atoms with Crippen LogP contribution < -0.4 is 10.1 Å². The van der Waals surface area contributed by atoms with Crippen LogP contribution >= 0.6 is 0 Å². The highest BCUT2D eigenvalue weighted by atomic mass is 16.5. The molecule has 190 valence electrons. The number of para-hydroxylation sites is 1. The minimum Gasteiger partial charge on any atom is -0.493 e. The lowest BCUT2D eigenvalue weighted by atomic mass is 9.90. The van der Waals surface area contributed by atoms with Crippen LogP contribution in [0.2, 0.25) is 0 Å². The van der Waals surface area contributed by atoms with Crippen LogP contribution in [-0.2, 0) is 24.1 Å². The summed E-state index contributed by atoms with van der Waals surface area (Å²) in [6, 6.07) is 25.0. The average molecular weight is 488 g/mol. The van der Waals surface area contributed by atoms with Crippen LogP contribution in [0.15, 0.2) is 78.9 Å². The molecule has 0 heterocycles. The first-order valence-corrected chi connectivity index (χ1v) is 12.9. The zero-order valence-electron chi connectivity index (χ0n) is 21.1. The zero-order chi connectivity index (χ0) is 25.5. The summed E-state index contributed by atoms with van der Waals surface area (Å²) in [5, 5.41) is 24.8. The number of benzene rings is 3. The number of amides is 1. The number of carbonyl (C=O) groups excluding carboxylic acids is 1. The summed E-state index contributed by atoms with van der Waals surface area (Å²) in [5.74, 6) is 0.590. The molecule has 0 aliphatic heterocycles. The van der Waals surface area contributed by atoms with Crippen LogP contribution in [0.4, 0.5) is 0 Å². The Morgan fingerprint density at radius 1 is 0.972 bits per heavy atom. The molecule has 1 aliphatic rings. The van der Waals surface area contributed by atoms with Crippen molar-refractivity contribution < 1.29 is 19.7 Å². The van der Waals surface area contributed by atoms with E-state index in [1.807, 2.05) is 78.9 Å². The Balaban J connectivity index is 1.48. The van der Waals surface area contributed by atoms with E-state index in [1.165, 1.54) is 0 Å². The van der Waals surface area contributed by atoms with E-state index < -0.39 is 24.2 Å². The molecule has 0 saturated heterocycles. The monoisotopic (exact) mass is 487 g/mol. The van der Waals surface area contributed by atoms with Crippen molar-refractivity contribution in [3.05, 3.63) is 101 Å². The number of ether oxygens (including phenoxy) is 1. The molecule has 0 aromatic heterocycles. The van der Waals surface area contributed by atoms with Gasteiger partial charge in [-0.15, -0.1) is 0 Å². The molecule has 5 heteroatoms. The van der Waals surface area contributed by atoms with E-state index >= 15 is 0 Å². The van der Waals surface area contributed by atoms with Gasteiger partial charge in [-0.2, -0.15) is 0 Å². The van der Waals surface area contributed by atoms with Gasteiger partial charge in [0.05, 0.1) is 24.9 Å². The van der Waals surface area contributed by atoms with E-state index in [2.05, 4.69) is 19.2 Å². The van der Waals surface area contributed by atoms with Crippen LogP contribution in [0.1, 0.15) is 48.6 Å². The summed E-state index contributed by atoms with van der Waals surface area (Å²) < 4.78 is 5.96. The Morgan fingerprint density at radius 3 is 2.44 bits per heavy atom. The SMILES string of the molecule is CC(C)COc1ccccc1C[C@@H](O)C[C@H](Cc1ccccc1)C(=O)NC1c2ccccc2C[C@H]1O. The van der Waals surface area contributed by atoms with Gasteiger partial charge in [0.25, 0.3) is 0 Å². The summed E-state index contributed by atoms with van der Waals surface area (Å²) in [4.78, 5) is 13.5. The average Bonchev–Trinajstić information content (AvgIpc) is 3.18. The third-order valence-corrected chi connectivity index (χ3v) is 6.75. The largest absolute Gasteiger partial charge is 0.493 e. The van der Waals surface area contributed by atoms with Gasteiger partial charge in [0.2, 0.25) is 5.91 Å². The third kappa shape index (κ3) is 6.74. The molecule has 0 radical (unpaired) electrons. The number of aliphatic hydroxyl groups excluding tert-OH is 2. The number of fused-ring (bicyclic) bond motifs is 1. The Bertz CT molecular complexity index is 1130. The summed E-state index contributed by atoms with van der Waals surface area (Å²) in [6.07, 6.45) is 0.387. The van der Waals surface area contributed by atoms with E-state index in [-0.39, 0.29) is 5.91 Å². The van der Waals surface area contributed by atoms with Crippen molar-refractivity contribution in [2.24, 2.45) is 11.8 Å². The van der Waals surface area contributed by atoms with Crippen LogP contribution in [0.5, 0.6) is 5.75 Å². The van der Waals surface area contributed by atoms with Crippen molar-refractivity contribution in [3.63, 3.8) is 0 Å². The molecule has 0 spiro atoms. The fourth-order valence-electron chi connectivity index (χ4n) is 4.94. The normalized spacial score (nSPS) is 18.5. The van der Waals surface area contributed by atoms with Crippen molar-refractivity contribution >= 4 is 5.91 Å². The van der Waals surface area contributed by atoms with Gasteiger partial charge in [0.1, 0.15) is 5.75 Å². The van der Waals surface area contributed by atoms with Gasteiger partial charge in [0.15, 0.2) is 0 Å². The second-order valence-corrected chi connectivity index (χ2v) is 10.2. The number of hydrogen-bond acceptors (Lipinski definition) is 4. The summed E-state index contributed by atoms with van der Waals surface area (Å²) in [7, 11) is 0. The molecule has 1 amide bonds. The molecule has 0 bridgehead atoms. The topological polar surface area (TPSA) is 78.8 Å². The van der Waals surface area contributed by atoms with Gasteiger partial charge >= 0.3 is 0 Å². The molecular weight excluding hydrogens is 450 g/mol. The Hall–Kier alpha value is -3.15. The second kappa shape index (κ2) is 12.2. The predicted octanol–water partition coefficient (Wildman–Crippen LogP) is 4.65. The zero-order valence-corrected chi connectivity index (χ0v) is 21.1. The molecule has 3 aromatic rings. The molecule has 36 heavy (non-hydrogen) atoms. The lowest BCUT2D eigenvalue weighted by molar-refractivity contribution is -0.127. The third-order valence-electron chi connectivity index (χ3n) is 6.75. The van der Waals surface area contributed by atoms with Crippen molar-refractivity contribution in [2.45, 2.75) is 57.8 Å². The van der Waals surface area contributed by atoms with E-state index in [9.17, 15) is 15.0 Å². The van der Waals surface area contributed by atoms with Crippen LogP contribution in [0, 0.1) is 11.8 Å².